The number of ketones is 1. The zero-order chi connectivity index (χ0) is 21.0. The first-order chi connectivity index (χ1) is 14.5. The number of hydrogen-bond donors (Lipinski definition) is 0. The summed E-state index contributed by atoms with van der Waals surface area (Å²) in [6, 6.07) is 6.76. The van der Waals surface area contributed by atoms with Crippen molar-refractivity contribution in [1.29, 1.82) is 0 Å². The van der Waals surface area contributed by atoms with Crippen LogP contribution in [0.3, 0.4) is 0 Å². The summed E-state index contributed by atoms with van der Waals surface area (Å²) in [5.74, 6) is -0.874. The van der Waals surface area contributed by atoms with Gasteiger partial charge in [0.15, 0.2) is 17.4 Å². The van der Waals surface area contributed by atoms with Gasteiger partial charge in [0.1, 0.15) is 17.7 Å². The van der Waals surface area contributed by atoms with Crippen LogP contribution in [0.5, 0.6) is 0 Å². The van der Waals surface area contributed by atoms with Gasteiger partial charge in [0.25, 0.3) is 5.91 Å². The second-order valence-corrected chi connectivity index (χ2v) is 7.94. The Labute approximate surface area is 172 Å². The zero-order valence-electron chi connectivity index (χ0n) is 16.6. The van der Waals surface area contributed by atoms with Crippen LogP contribution in [0.15, 0.2) is 46.2 Å². The molecule has 2 aromatic rings. The van der Waals surface area contributed by atoms with Gasteiger partial charge in [-0.2, -0.15) is 0 Å². The van der Waals surface area contributed by atoms with Crippen LogP contribution in [0.2, 0.25) is 0 Å². The van der Waals surface area contributed by atoms with Crippen molar-refractivity contribution in [2.45, 2.75) is 44.4 Å². The zero-order valence-corrected chi connectivity index (χ0v) is 16.6. The topological polar surface area (TPSA) is 81.9 Å². The fourth-order valence-corrected chi connectivity index (χ4v) is 4.74. The molecular weight excluding hydrogens is 391 g/mol. The number of halogens is 1. The van der Waals surface area contributed by atoms with E-state index in [1.54, 1.807) is 38.3 Å². The van der Waals surface area contributed by atoms with Crippen LogP contribution in [-0.4, -0.2) is 36.2 Å². The summed E-state index contributed by atoms with van der Waals surface area (Å²) in [6.07, 6.45) is 1.41. The molecule has 4 atom stereocenters. The van der Waals surface area contributed by atoms with E-state index in [2.05, 4.69) is 5.16 Å². The number of aromatic nitrogens is 1. The number of methoxy groups -OCH3 is 1. The molecule has 0 spiro atoms. The van der Waals surface area contributed by atoms with Crippen molar-refractivity contribution < 1.29 is 28.0 Å². The predicted molar refractivity (Wildman–Crippen MR) is 103 cm³/mol. The van der Waals surface area contributed by atoms with E-state index in [4.69, 9.17) is 14.0 Å². The smallest absolute Gasteiger partial charge is 0.295 e. The SMILES string of the molecule is COC1CCC2C(=O)C3=C(OC2C1)C(=O)N(c1cc(C)on1)C3c1ccccc1F. The van der Waals surface area contributed by atoms with Crippen LogP contribution in [0.4, 0.5) is 10.2 Å². The standard InChI is InChI=1S/C22H21FN2O5/c1-11-9-17(24-30-11)25-19(13-5-3-4-6-15(13)23)18-20(26)14-8-7-12(28-2)10-16(14)29-21(18)22(25)27/h3-6,9,12,14,16,19H,7-8,10H2,1-2H3. The molecule has 3 aliphatic rings. The molecule has 1 saturated carbocycles. The molecule has 0 radical (unpaired) electrons. The highest BCUT2D eigenvalue weighted by Crippen LogP contribution is 2.48. The van der Waals surface area contributed by atoms with Gasteiger partial charge in [0.05, 0.1) is 23.6 Å². The summed E-state index contributed by atoms with van der Waals surface area (Å²) in [7, 11) is 1.63. The van der Waals surface area contributed by atoms with Crippen molar-refractivity contribution in [2.24, 2.45) is 5.92 Å². The van der Waals surface area contributed by atoms with Crippen LogP contribution < -0.4 is 4.90 Å². The largest absolute Gasteiger partial charge is 0.483 e. The summed E-state index contributed by atoms with van der Waals surface area (Å²) in [5.41, 5.74) is 0.417. The lowest BCUT2D eigenvalue weighted by atomic mass is 9.76. The molecule has 1 aromatic carbocycles. The second kappa shape index (κ2) is 7.05. The number of hydrogen-bond acceptors (Lipinski definition) is 6. The Morgan fingerprint density at radius 3 is 2.73 bits per heavy atom. The van der Waals surface area contributed by atoms with Crippen molar-refractivity contribution in [1.82, 2.24) is 5.16 Å². The molecule has 1 fully saturated rings. The van der Waals surface area contributed by atoms with Gasteiger partial charge >= 0.3 is 0 Å². The van der Waals surface area contributed by atoms with Crippen molar-refractivity contribution in [3.05, 3.63) is 58.8 Å². The van der Waals surface area contributed by atoms with Crippen molar-refractivity contribution in [3.63, 3.8) is 0 Å². The maximum absolute atomic E-state index is 14.8. The number of carbonyl (C=O) groups is 2. The van der Waals surface area contributed by atoms with Gasteiger partial charge in [-0.1, -0.05) is 23.4 Å². The number of ether oxygens (including phenoxy) is 2. The van der Waals surface area contributed by atoms with Gasteiger partial charge in [-0.05, 0) is 25.8 Å². The molecule has 1 aliphatic carbocycles. The monoisotopic (exact) mass is 412 g/mol. The third-order valence-electron chi connectivity index (χ3n) is 6.20. The molecule has 8 heteroatoms. The highest BCUT2D eigenvalue weighted by molar-refractivity contribution is 6.17. The quantitative estimate of drug-likeness (QED) is 0.770. The van der Waals surface area contributed by atoms with E-state index in [-0.39, 0.29) is 40.5 Å². The van der Waals surface area contributed by atoms with E-state index in [9.17, 15) is 14.0 Å². The summed E-state index contributed by atoms with van der Waals surface area (Å²) in [6.45, 7) is 1.70. The highest BCUT2D eigenvalue weighted by Gasteiger charge is 2.54. The van der Waals surface area contributed by atoms with E-state index in [1.807, 2.05) is 0 Å². The van der Waals surface area contributed by atoms with Crippen LogP contribution in [-0.2, 0) is 19.1 Å². The molecular formula is C22H21FN2O5. The third-order valence-corrected chi connectivity index (χ3v) is 6.20. The van der Waals surface area contributed by atoms with E-state index in [0.717, 1.165) is 6.42 Å². The second-order valence-electron chi connectivity index (χ2n) is 7.94. The van der Waals surface area contributed by atoms with Gasteiger partial charge in [-0.25, -0.2) is 4.39 Å². The van der Waals surface area contributed by atoms with Gasteiger partial charge in [-0.3, -0.25) is 14.5 Å². The lowest BCUT2D eigenvalue weighted by molar-refractivity contribution is -0.135. The molecule has 1 aromatic heterocycles. The fourth-order valence-electron chi connectivity index (χ4n) is 4.74. The number of rotatable bonds is 3. The van der Waals surface area contributed by atoms with Crippen molar-refractivity contribution in [2.75, 3.05) is 12.0 Å². The maximum Gasteiger partial charge on any atom is 0.295 e. The molecule has 4 unspecified atom stereocenters. The molecule has 0 bridgehead atoms. The third kappa shape index (κ3) is 2.78. The van der Waals surface area contributed by atoms with Gasteiger partial charge in [0.2, 0.25) is 0 Å². The minimum absolute atomic E-state index is 0.0191. The number of Topliss-reactive ketones (excluding diaryl/α,β-unsaturated/α-hetero) is 1. The van der Waals surface area contributed by atoms with Crippen LogP contribution in [0.25, 0.3) is 0 Å². The number of benzene rings is 1. The summed E-state index contributed by atoms with van der Waals surface area (Å²) < 4.78 is 31.5. The Kier molecular flexibility index (Phi) is 4.47. The molecule has 0 N–H and O–H groups in total. The number of aryl methyl sites for hydroxylation is 1. The van der Waals surface area contributed by atoms with E-state index in [0.29, 0.717) is 18.6 Å². The van der Waals surface area contributed by atoms with Gasteiger partial charge in [-0.15, -0.1) is 0 Å². The average molecular weight is 412 g/mol. The van der Waals surface area contributed by atoms with Crippen LogP contribution in [0.1, 0.15) is 36.6 Å². The summed E-state index contributed by atoms with van der Waals surface area (Å²) >= 11 is 0. The normalized spacial score (nSPS) is 28.4. The first-order valence-corrected chi connectivity index (χ1v) is 9.98. The number of fused-ring (bicyclic) bond motifs is 1. The van der Waals surface area contributed by atoms with Crippen molar-refractivity contribution in [3.8, 4) is 0 Å². The molecule has 156 valence electrons. The first kappa shape index (κ1) is 19.0. The van der Waals surface area contributed by atoms with Gasteiger partial charge in [0, 0.05) is 25.2 Å². The molecule has 1 amide bonds. The molecule has 5 rings (SSSR count). The van der Waals surface area contributed by atoms with E-state index >= 15 is 0 Å². The highest BCUT2D eigenvalue weighted by atomic mass is 19.1. The van der Waals surface area contributed by atoms with E-state index < -0.39 is 23.9 Å². The Balaban J connectivity index is 1.63. The van der Waals surface area contributed by atoms with Crippen LogP contribution >= 0.6 is 0 Å². The molecule has 30 heavy (non-hydrogen) atoms. The van der Waals surface area contributed by atoms with Crippen LogP contribution in [0, 0.1) is 18.7 Å². The fraction of sp³-hybridized carbons (Fsp3) is 0.409. The molecule has 7 nitrogen and oxygen atoms in total. The minimum Gasteiger partial charge on any atom is -0.483 e. The van der Waals surface area contributed by atoms with Crippen molar-refractivity contribution >= 4 is 17.5 Å². The average Bonchev–Trinajstić information content (AvgIpc) is 3.29. The number of anilines is 1. The lowest BCUT2D eigenvalue weighted by Gasteiger charge is -2.38. The number of carbonyl (C=O) groups excluding carboxylic acids is 2. The predicted octanol–water partition coefficient (Wildman–Crippen LogP) is 3.25. The lowest BCUT2D eigenvalue weighted by Crippen LogP contribution is -2.43. The Morgan fingerprint density at radius 1 is 1.23 bits per heavy atom. The maximum atomic E-state index is 14.8. The molecule has 2 aliphatic heterocycles. The number of amides is 1. The Morgan fingerprint density at radius 2 is 2.03 bits per heavy atom. The Bertz CT molecular complexity index is 1060. The molecule has 3 heterocycles. The summed E-state index contributed by atoms with van der Waals surface area (Å²) in [5, 5.41) is 3.95. The first-order valence-electron chi connectivity index (χ1n) is 9.98. The van der Waals surface area contributed by atoms with Gasteiger partial charge < -0.3 is 14.0 Å². The number of nitrogens with zero attached hydrogens (tertiary/aromatic N) is 2. The Hall–Kier alpha value is -3.00. The summed E-state index contributed by atoms with van der Waals surface area (Å²) in [4.78, 5) is 28.2. The minimum atomic E-state index is -0.952. The molecule has 0 saturated heterocycles. The van der Waals surface area contributed by atoms with E-state index in [1.165, 1.54) is 11.0 Å².